The predicted molar refractivity (Wildman–Crippen MR) is 118 cm³/mol. The minimum atomic E-state index is -4.52. The molecule has 2 amide bonds. The van der Waals surface area contributed by atoms with Gasteiger partial charge in [0.05, 0.1) is 0 Å². The fraction of sp³-hybridized carbons (Fsp3) is 0.429. The Bertz CT molecular complexity index is 992. The average molecular weight is 521 g/mol. The topological polar surface area (TPSA) is 84.4 Å². The van der Waals surface area contributed by atoms with Gasteiger partial charge in [0.2, 0.25) is 0 Å². The normalized spacial score (nSPS) is 17.5. The van der Waals surface area contributed by atoms with Crippen LogP contribution in [0.4, 0.5) is 23.2 Å². The number of ether oxygens (including phenoxy) is 1. The van der Waals surface area contributed by atoms with E-state index in [-0.39, 0.29) is 34.0 Å². The molecule has 2 aromatic rings. The summed E-state index contributed by atoms with van der Waals surface area (Å²) in [4.78, 5) is 35.1. The van der Waals surface area contributed by atoms with E-state index in [4.69, 9.17) is 16.3 Å². The van der Waals surface area contributed by atoms with Crippen LogP contribution in [0, 0.1) is 0 Å². The maximum Gasteiger partial charge on any atom is 0.446 e. The number of halogens is 5. The molecular formula is C21H21ClF4N4O3S. The van der Waals surface area contributed by atoms with Gasteiger partial charge in [-0.2, -0.15) is 13.2 Å². The van der Waals surface area contributed by atoms with Gasteiger partial charge in [-0.05, 0) is 55.8 Å². The van der Waals surface area contributed by atoms with Gasteiger partial charge >= 0.3 is 5.51 Å². The predicted octanol–water partition coefficient (Wildman–Crippen LogP) is 4.17. The third kappa shape index (κ3) is 6.16. The lowest BCUT2D eigenvalue weighted by Crippen LogP contribution is -2.60. The molecule has 1 unspecified atom stereocenters. The van der Waals surface area contributed by atoms with Gasteiger partial charge in [0.25, 0.3) is 17.4 Å². The van der Waals surface area contributed by atoms with Crippen LogP contribution in [0.15, 0.2) is 47.9 Å². The van der Waals surface area contributed by atoms with E-state index in [0.717, 1.165) is 17.0 Å². The van der Waals surface area contributed by atoms with Gasteiger partial charge in [0.15, 0.2) is 5.54 Å². The zero-order valence-electron chi connectivity index (χ0n) is 17.9. The van der Waals surface area contributed by atoms with Crippen LogP contribution in [0.1, 0.15) is 25.3 Å². The first-order valence-electron chi connectivity index (χ1n) is 10.1. The van der Waals surface area contributed by atoms with Crippen LogP contribution in [0.2, 0.25) is 0 Å². The second kappa shape index (κ2) is 10.9. The van der Waals surface area contributed by atoms with Gasteiger partial charge in [-0.1, -0.05) is 11.6 Å². The highest BCUT2D eigenvalue weighted by Crippen LogP contribution is 2.39. The van der Waals surface area contributed by atoms with Crippen LogP contribution >= 0.6 is 23.4 Å². The van der Waals surface area contributed by atoms with Crippen molar-refractivity contribution in [3.63, 3.8) is 0 Å². The Kier molecular flexibility index (Phi) is 8.37. The average Bonchev–Trinajstić information content (AvgIpc) is 2.80. The van der Waals surface area contributed by atoms with Crippen LogP contribution < -0.4 is 10.2 Å². The van der Waals surface area contributed by atoms with Gasteiger partial charge in [-0.3, -0.25) is 14.5 Å². The van der Waals surface area contributed by atoms with Gasteiger partial charge < -0.3 is 10.1 Å². The number of amides is 2. The lowest BCUT2D eigenvalue weighted by molar-refractivity contribution is -0.132. The number of anilines is 1. The standard InChI is InChI=1S/C21H21ClF4N4O3S/c1-20(13-10-27-12-28-11-13,19(32)29-14-6-8-33-9-7-14)30(18(31)17(22)23)15-2-4-16(5-3-15)34-21(24,25)26/h2-5,10-12,14,17H,6-9H2,1H3,(H,29,32)/t17-,20?/m0/s1. The summed E-state index contributed by atoms with van der Waals surface area (Å²) >= 11 is 5.15. The van der Waals surface area contributed by atoms with E-state index in [9.17, 15) is 27.2 Å². The van der Waals surface area contributed by atoms with E-state index in [1.165, 1.54) is 37.8 Å². The first-order valence-corrected chi connectivity index (χ1v) is 11.4. The molecule has 2 atom stereocenters. The fourth-order valence-corrected chi connectivity index (χ4v) is 4.22. The van der Waals surface area contributed by atoms with E-state index < -0.39 is 28.5 Å². The Hall–Kier alpha value is -2.44. The molecule has 1 aromatic carbocycles. The summed E-state index contributed by atoms with van der Waals surface area (Å²) in [5.74, 6) is -1.93. The minimum absolute atomic E-state index is 0.0340. The number of benzene rings is 1. The summed E-state index contributed by atoms with van der Waals surface area (Å²) in [6.07, 6.45) is 4.88. The maximum absolute atomic E-state index is 14.1. The molecule has 34 heavy (non-hydrogen) atoms. The molecule has 1 N–H and O–H groups in total. The number of rotatable bonds is 7. The molecule has 13 heteroatoms. The number of aromatic nitrogens is 2. The second-order valence-corrected chi connectivity index (χ2v) is 9.10. The molecule has 0 saturated carbocycles. The molecule has 1 fully saturated rings. The lowest BCUT2D eigenvalue weighted by Gasteiger charge is -2.41. The van der Waals surface area contributed by atoms with E-state index in [1.54, 1.807) is 0 Å². The Labute approximate surface area is 202 Å². The summed E-state index contributed by atoms with van der Waals surface area (Å²) in [5, 5.41) is 2.86. The molecule has 7 nitrogen and oxygen atoms in total. The van der Waals surface area contributed by atoms with Crippen molar-refractivity contribution in [3.8, 4) is 0 Å². The number of thioether (sulfide) groups is 1. The Balaban J connectivity index is 2.07. The first-order chi connectivity index (χ1) is 16.0. The summed E-state index contributed by atoms with van der Waals surface area (Å²) in [6, 6.07) is 4.36. The minimum Gasteiger partial charge on any atom is -0.381 e. The zero-order chi connectivity index (χ0) is 24.9. The van der Waals surface area contributed by atoms with E-state index in [0.29, 0.717) is 26.1 Å². The fourth-order valence-electron chi connectivity index (χ4n) is 3.58. The van der Waals surface area contributed by atoms with Crippen LogP contribution in [0.25, 0.3) is 0 Å². The molecule has 1 aromatic heterocycles. The summed E-state index contributed by atoms with van der Waals surface area (Å²) in [6.45, 7) is 2.24. The molecule has 0 spiro atoms. The van der Waals surface area contributed by atoms with Crippen molar-refractivity contribution in [2.24, 2.45) is 0 Å². The zero-order valence-corrected chi connectivity index (χ0v) is 19.5. The van der Waals surface area contributed by atoms with E-state index >= 15 is 0 Å². The largest absolute Gasteiger partial charge is 0.446 e. The molecule has 0 bridgehead atoms. The molecule has 0 aliphatic carbocycles. The monoisotopic (exact) mass is 520 g/mol. The van der Waals surface area contributed by atoms with Crippen molar-refractivity contribution in [1.29, 1.82) is 0 Å². The van der Waals surface area contributed by atoms with Crippen molar-refractivity contribution in [3.05, 3.63) is 48.5 Å². The summed E-state index contributed by atoms with van der Waals surface area (Å²) in [7, 11) is 0. The van der Waals surface area contributed by atoms with Gasteiger partial charge in [-0.15, -0.1) is 0 Å². The van der Waals surface area contributed by atoms with Crippen LogP contribution in [-0.4, -0.2) is 52.2 Å². The van der Waals surface area contributed by atoms with Crippen molar-refractivity contribution >= 4 is 40.9 Å². The quantitative estimate of drug-likeness (QED) is 0.335. The number of carbonyl (C=O) groups excluding carboxylic acids is 2. The number of hydrogen-bond donors (Lipinski definition) is 1. The van der Waals surface area contributed by atoms with Crippen molar-refractivity contribution in [2.45, 2.75) is 47.4 Å². The lowest BCUT2D eigenvalue weighted by atomic mass is 9.89. The molecule has 2 heterocycles. The highest BCUT2D eigenvalue weighted by molar-refractivity contribution is 8.00. The number of nitrogens with zero attached hydrogens (tertiary/aromatic N) is 3. The van der Waals surface area contributed by atoms with Gasteiger partial charge in [-0.25, -0.2) is 14.4 Å². The first kappa shape index (κ1) is 26.2. The Morgan fingerprint density at radius 2 is 1.76 bits per heavy atom. The smallest absolute Gasteiger partial charge is 0.381 e. The highest BCUT2D eigenvalue weighted by Gasteiger charge is 2.47. The van der Waals surface area contributed by atoms with Crippen LogP contribution in [-0.2, 0) is 19.9 Å². The van der Waals surface area contributed by atoms with Crippen molar-refractivity contribution in [2.75, 3.05) is 18.1 Å². The van der Waals surface area contributed by atoms with Crippen LogP contribution in [0.3, 0.4) is 0 Å². The second-order valence-electron chi connectivity index (χ2n) is 7.58. The molecule has 1 aliphatic rings. The number of nitrogens with one attached hydrogen (secondary N) is 1. The third-order valence-electron chi connectivity index (χ3n) is 5.30. The Morgan fingerprint density at radius 3 is 2.29 bits per heavy atom. The summed E-state index contributed by atoms with van der Waals surface area (Å²) in [5.41, 5.74) is -8.80. The summed E-state index contributed by atoms with van der Waals surface area (Å²) < 4.78 is 57.6. The molecule has 1 aliphatic heterocycles. The van der Waals surface area contributed by atoms with Crippen molar-refractivity contribution in [1.82, 2.24) is 15.3 Å². The molecular weight excluding hydrogens is 500 g/mol. The number of carbonyl (C=O) groups is 2. The molecule has 0 radical (unpaired) electrons. The van der Waals surface area contributed by atoms with Crippen LogP contribution in [0.5, 0.6) is 0 Å². The van der Waals surface area contributed by atoms with Crippen molar-refractivity contribution < 1.29 is 31.9 Å². The van der Waals surface area contributed by atoms with E-state index in [2.05, 4.69) is 15.3 Å². The maximum atomic E-state index is 14.1. The van der Waals surface area contributed by atoms with E-state index in [1.807, 2.05) is 0 Å². The Morgan fingerprint density at radius 1 is 1.18 bits per heavy atom. The molecule has 3 rings (SSSR count). The third-order valence-corrected chi connectivity index (χ3v) is 6.23. The number of alkyl halides is 5. The molecule has 1 saturated heterocycles. The SMILES string of the molecule is CC(C(=O)NC1CCOCC1)(c1cncnc1)N(C(=O)[C@H](F)Cl)c1ccc(SC(F)(F)F)cc1. The molecule has 184 valence electrons. The number of hydrogen-bond acceptors (Lipinski definition) is 6. The highest BCUT2D eigenvalue weighted by atomic mass is 35.5. The van der Waals surface area contributed by atoms with Gasteiger partial charge in [0, 0.05) is 47.8 Å². The van der Waals surface area contributed by atoms with Gasteiger partial charge in [0.1, 0.15) is 6.33 Å².